The normalized spacial score (nSPS) is 11.2. The first-order chi connectivity index (χ1) is 11.2. The molecule has 0 bridgehead atoms. The van der Waals surface area contributed by atoms with Crippen molar-refractivity contribution in [3.8, 4) is 0 Å². The highest BCUT2D eigenvalue weighted by Crippen LogP contribution is 2.25. The van der Waals surface area contributed by atoms with Crippen molar-refractivity contribution in [1.29, 1.82) is 0 Å². The van der Waals surface area contributed by atoms with E-state index in [1.807, 2.05) is 6.92 Å². The van der Waals surface area contributed by atoms with Crippen LogP contribution in [0.15, 0.2) is 41.3 Å². The van der Waals surface area contributed by atoms with Crippen molar-refractivity contribution in [2.45, 2.75) is 18.7 Å². The lowest BCUT2D eigenvalue weighted by Gasteiger charge is -2.11. The van der Waals surface area contributed by atoms with Crippen molar-refractivity contribution in [3.05, 3.63) is 57.6 Å². The molecule has 128 valence electrons. The predicted octanol–water partition coefficient (Wildman–Crippen LogP) is 3.85. The number of carbonyl (C=O) groups excluding carboxylic acids is 1. The molecule has 0 radical (unpaired) electrons. The second kappa shape index (κ2) is 7.42. The molecule has 2 aromatic carbocycles. The van der Waals surface area contributed by atoms with Crippen molar-refractivity contribution < 1.29 is 13.2 Å². The molecule has 0 atom stereocenters. The van der Waals surface area contributed by atoms with E-state index in [0.29, 0.717) is 17.3 Å². The summed E-state index contributed by atoms with van der Waals surface area (Å²) in [6.07, 6.45) is 0. The first kappa shape index (κ1) is 18.6. The van der Waals surface area contributed by atoms with E-state index < -0.39 is 15.9 Å². The van der Waals surface area contributed by atoms with Crippen LogP contribution in [0.1, 0.15) is 22.8 Å². The Morgan fingerprint density at radius 3 is 2.42 bits per heavy atom. The zero-order valence-electron chi connectivity index (χ0n) is 13.1. The summed E-state index contributed by atoms with van der Waals surface area (Å²) in [4.78, 5) is 11.9. The first-order valence-corrected chi connectivity index (χ1v) is 9.35. The number of rotatable bonds is 5. The Hall–Kier alpha value is -1.76. The second-order valence-electron chi connectivity index (χ2n) is 5.07. The summed E-state index contributed by atoms with van der Waals surface area (Å²) in [6.45, 7) is 3.99. The van der Waals surface area contributed by atoms with Crippen LogP contribution in [0.2, 0.25) is 10.0 Å². The molecule has 8 heteroatoms. The molecule has 0 aliphatic heterocycles. The molecule has 2 N–H and O–H groups in total. The third-order valence-corrected chi connectivity index (χ3v) is 5.37. The zero-order valence-corrected chi connectivity index (χ0v) is 15.4. The highest BCUT2D eigenvalue weighted by molar-refractivity contribution is 7.92. The molecule has 0 unspecified atom stereocenters. The molecular weight excluding hydrogens is 371 g/mol. The number of nitrogens with one attached hydrogen (secondary N) is 2. The molecule has 24 heavy (non-hydrogen) atoms. The quantitative estimate of drug-likeness (QED) is 0.818. The number of halogens is 2. The van der Waals surface area contributed by atoms with Gasteiger partial charge >= 0.3 is 0 Å². The van der Waals surface area contributed by atoms with Gasteiger partial charge in [-0.3, -0.25) is 9.52 Å². The van der Waals surface area contributed by atoms with Crippen LogP contribution in [0.4, 0.5) is 5.69 Å². The highest BCUT2D eigenvalue weighted by atomic mass is 35.5. The van der Waals surface area contributed by atoms with Crippen LogP contribution in [0.25, 0.3) is 0 Å². The lowest BCUT2D eigenvalue weighted by atomic mass is 10.2. The smallest absolute Gasteiger partial charge is 0.261 e. The minimum absolute atomic E-state index is 0.0650. The van der Waals surface area contributed by atoms with Crippen molar-refractivity contribution >= 4 is 44.8 Å². The maximum atomic E-state index is 12.5. The number of benzene rings is 2. The average Bonchev–Trinajstić information content (AvgIpc) is 2.51. The number of anilines is 1. The Balaban J connectivity index is 2.36. The highest BCUT2D eigenvalue weighted by Gasteiger charge is 2.19. The van der Waals surface area contributed by atoms with Gasteiger partial charge in [0.25, 0.3) is 15.9 Å². The van der Waals surface area contributed by atoms with E-state index in [1.54, 1.807) is 19.1 Å². The number of carbonyl (C=O) groups is 1. The minimum atomic E-state index is -3.88. The second-order valence-corrected chi connectivity index (χ2v) is 7.57. The summed E-state index contributed by atoms with van der Waals surface area (Å²) in [5, 5.41) is 3.22. The van der Waals surface area contributed by atoms with Crippen molar-refractivity contribution in [1.82, 2.24) is 5.32 Å². The van der Waals surface area contributed by atoms with Crippen LogP contribution in [0.3, 0.4) is 0 Å². The first-order valence-electron chi connectivity index (χ1n) is 7.11. The van der Waals surface area contributed by atoms with Gasteiger partial charge in [-0.05, 0) is 49.7 Å². The number of amides is 1. The summed E-state index contributed by atoms with van der Waals surface area (Å²) < 4.78 is 27.5. The van der Waals surface area contributed by atoms with Gasteiger partial charge in [0.1, 0.15) is 0 Å². The van der Waals surface area contributed by atoms with Crippen LogP contribution in [-0.4, -0.2) is 20.9 Å². The molecule has 0 aromatic heterocycles. The zero-order chi connectivity index (χ0) is 17.9. The van der Waals surface area contributed by atoms with Crippen LogP contribution in [0.5, 0.6) is 0 Å². The van der Waals surface area contributed by atoms with E-state index >= 15 is 0 Å². The lowest BCUT2D eigenvalue weighted by molar-refractivity contribution is 0.0956. The van der Waals surface area contributed by atoms with E-state index in [2.05, 4.69) is 10.0 Å². The number of hydrogen-bond donors (Lipinski definition) is 2. The Morgan fingerprint density at radius 2 is 1.79 bits per heavy atom. The van der Waals surface area contributed by atoms with E-state index in [9.17, 15) is 13.2 Å². The summed E-state index contributed by atoms with van der Waals surface area (Å²) >= 11 is 12.0. The van der Waals surface area contributed by atoms with Gasteiger partial charge in [0.15, 0.2) is 0 Å². The monoisotopic (exact) mass is 386 g/mol. The lowest BCUT2D eigenvalue weighted by Crippen LogP contribution is -2.23. The van der Waals surface area contributed by atoms with Gasteiger partial charge in [-0.1, -0.05) is 29.3 Å². The Kier molecular flexibility index (Phi) is 5.74. The fourth-order valence-electron chi connectivity index (χ4n) is 1.97. The fourth-order valence-corrected chi connectivity index (χ4v) is 3.43. The van der Waals surface area contributed by atoms with E-state index in [4.69, 9.17) is 23.2 Å². The summed E-state index contributed by atoms with van der Waals surface area (Å²) in [6, 6.07) is 8.80. The molecule has 0 saturated heterocycles. The number of aryl methyl sites for hydroxylation is 1. The van der Waals surface area contributed by atoms with Gasteiger partial charge < -0.3 is 5.32 Å². The van der Waals surface area contributed by atoms with E-state index in [0.717, 1.165) is 5.56 Å². The largest absolute Gasteiger partial charge is 0.352 e. The fraction of sp³-hybridized carbons (Fsp3) is 0.188. The number of sulfonamides is 1. The molecule has 0 spiro atoms. The van der Waals surface area contributed by atoms with Gasteiger partial charge in [0.2, 0.25) is 0 Å². The van der Waals surface area contributed by atoms with Crippen LogP contribution in [-0.2, 0) is 10.0 Å². The number of hydrogen-bond acceptors (Lipinski definition) is 3. The van der Waals surface area contributed by atoms with Gasteiger partial charge in [0.05, 0.1) is 21.2 Å². The van der Waals surface area contributed by atoms with Gasteiger partial charge in [-0.2, -0.15) is 0 Å². The Morgan fingerprint density at radius 1 is 1.08 bits per heavy atom. The van der Waals surface area contributed by atoms with Crippen LogP contribution >= 0.6 is 23.2 Å². The molecule has 1 amide bonds. The summed E-state index contributed by atoms with van der Waals surface area (Å²) in [5.74, 6) is -0.432. The molecule has 0 heterocycles. The molecule has 0 aliphatic carbocycles. The minimum Gasteiger partial charge on any atom is -0.352 e. The van der Waals surface area contributed by atoms with Crippen LogP contribution < -0.4 is 10.0 Å². The molecule has 0 aliphatic rings. The Bertz CT molecular complexity index is 883. The van der Waals surface area contributed by atoms with Crippen molar-refractivity contribution in [2.24, 2.45) is 0 Å². The van der Waals surface area contributed by atoms with Gasteiger partial charge in [0, 0.05) is 11.6 Å². The van der Waals surface area contributed by atoms with Crippen molar-refractivity contribution in [2.75, 3.05) is 11.3 Å². The molecule has 2 aromatic rings. The topological polar surface area (TPSA) is 75.3 Å². The van der Waals surface area contributed by atoms with E-state index in [1.165, 1.54) is 24.3 Å². The molecular formula is C16H16Cl2N2O3S. The average molecular weight is 387 g/mol. The maximum Gasteiger partial charge on any atom is 0.261 e. The van der Waals surface area contributed by atoms with Crippen molar-refractivity contribution in [3.63, 3.8) is 0 Å². The molecule has 0 fully saturated rings. The van der Waals surface area contributed by atoms with Gasteiger partial charge in [-0.15, -0.1) is 0 Å². The molecule has 2 rings (SSSR count). The Labute approximate surface area is 151 Å². The van der Waals surface area contributed by atoms with E-state index in [-0.39, 0.29) is 15.5 Å². The molecule has 0 saturated carbocycles. The standard InChI is InChI=1S/C16H16Cl2N2O3S/c1-3-19-16(21)13-9-12(6-7-14(13)17)24(22,23)20-11-5-4-10(2)15(18)8-11/h4-9,20H,3H2,1-2H3,(H,19,21). The third-order valence-electron chi connectivity index (χ3n) is 3.25. The SMILES string of the molecule is CCNC(=O)c1cc(S(=O)(=O)Nc2ccc(C)c(Cl)c2)ccc1Cl. The van der Waals surface area contributed by atoms with Crippen LogP contribution in [0, 0.1) is 6.92 Å². The maximum absolute atomic E-state index is 12.5. The predicted molar refractivity (Wildman–Crippen MR) is 96.5 cm³/mol. The molecule has 5 nitrogen and oxygen atoms in total. The summed E-state index contributed by atoms with van der Waals surface area (Å²) in [5.41, 5.74) is 1.27. The summed E-state index contributed by atoms with van der Waals surface area (Å²) in [7, 11) is -3.88. The third kappa shape index (κ3) is 4.20. The van der Waals surface area contributed by atoms with Gasteiger partial charge in [-0.25, -0.2) is 8.42 Å².